The fraction of sp³-hybridized carbons (Fsp3) is 0.240. The molecule has 0 spiro atoms. The van der Waals surface area contributed by atoms with Gasteiger partial charge in [0, 0.05) is 54.8 Å². The van der Waals surface area contributed by atoms with E-state index in [1.54, 1.807) is 6.20 Å². The summed E-state index contributed by atoms with van der Waals surface area (Å²) in [4.78, 5) is 9.05. The van der Waals surface area contributed by atoms with Crippen LogP contribution in [0.3, 0.4) is 0 Å². The lowest BCUT2D eigenvalue weighted by atomic mass is 10.2. The molecular formula is C25H25ClN6S. The second-order valence-corrected chi connectivity index (χ2v) is 8.95. The van der Waals surface area contributed by atoms with Crippen LogP contribution in [-0.4, -0.2) is 50.4 Å². The van der Waals surface area contributed by atoms with Crippen LogP contribution >= 0.6 is 23.8 Å². The summed E-state index contributed by atoms with van der Waals surface area (Å²) in [5.41, 5.74) is 3.32. The Bertz CT molecular complexity index is 1260. The number of hydrogen-bond acceptors (Lipinski definition) is 5. The monoisotopic (exact) mass is 476 g/mol. The van der Waals surface area contributed by atoms with E-state index in [-0.39, 0.29) is 0 Å². The first kappa shape index (κ1) is 21.8. The van der Waals surface area contributed by atoms with Gasteiger partial charge in [-0.25, -0.2) is 4.68 Å². The van der Waals surface area contributed by atoms with E-state index in [9.17, 15) is 0 Å². The predicted molar refractivity (Wildman–Crippen MR) is 135 cm³/mol. The van der Waals surface area contributed by atoms with E-state index in [4.69, 9.17) is 28.9 Å². The Balaban J connectivity index is 1.36. The fourth-order valence-corrected chi connectivity index (χ4v) is 4.59. The van der Waals surface area contributed by atoms with Crippen molar-refractivity contribution in [2.45, 2.75) is 13.2 Å². The highest BCUT2D eigenvalue weighted by molar-refractivity contribution is 7.71. The smallest absolute Gasteiger partial charge is 0.199 e. The third-order valence-electron chi connectivity index (χ3n) is 5.91. The molecule has 6 nitrogen and oxygen atoms in total. The summed E-state index contributed by atoms with van der Waals surface area (Å²) >= 11 is 12.1. The van der Waals surface area contributed by atoms with Crippen molar-refractivity contribution in [2.24, 2.45) is 0 Å². The van der Waals surface area contributed by atoms with Crippen molar-refractivity contribution < 1.29 is 0 Å². The van der Waals surface area contributed by atoms with E-state index in [2.05, 4.69) is 37.5 Å². The zero-order valence-electron chi connectivity index (χ0n) is 18.2. The molecule has 1 aliphatic rings. The molecule has 5 rings (SSSR count). The van der Waals surface area contributed by atoms with Crippen LogP contribution in [0.5, 0.6) is 0 Å². The molecule has 3 heterocycles. The Labute approximate surface area is 203 Å². The third kappa shape index (κ3) is 5.00. The predicted octanol–water partition coefficient (Wildman–Crippen LogP) is 4.96. The Kier molecular flexibility index (Phi) is 6.53. The van der Waals surface area contributed by atoms with Crippen molar-refractivity contribution in [2.75, 3.05) is 31.1 Å². The first-order valence-corrected chi connectivity index (χ1v) is 11.8. The summed E-state index contributed by atoms with van der Waals surface area (Å²) in [6.45, 7) is 5.08. The number of hydrogen-bond donors (Lipinski definition) is 0. The summed E-state index contributed by atoms with van der Waals surface area (Å²) in [5, 5.41) is 5.69. The summed E-state index contributed by atoms with van der Waals surface area (Å²) in [6.07, 6.45) is 3.61. The van der Waals surface area contributed by atoms with Crippen LogP contribution in [0.25, 0.3) is 11.4 Å². The lowest BCUT2D eigenvalue weighted by molar-refractivity contribution is 0.194. The number of benzene rings is 2. The van der Waals surface area contributed by atoms with Gasteiger partial charge in [-0.05, 0) is 48.1 Å². The minimum Gasteiger partial charge on any atom is -0.369 e. The summed E-state index contributed by atoms with van der Waals surface area (Å²) in [6, 6.07) is 22.4. The first-order valence-electron chi connectivity index (χ1n) is 11.0. The van der Waals surface area contributed by atoms with Crippen LogP contribution in [-0.2, 0) is 13.2 Å². The van der Waals surface area contributed by atoms with E-state index in [0.29, 0.717) is 13.2 Å². The molecule has 2 aromatic carbocycles. The largest absolute Gasteiger partial charge is 0.369 e. The highest BCUT2D eigenvalue weighted by atomic mass is 35.5. The number of halogens is 1. The van der Waals surface area contributed by atoms with Gasteiger partial charge in [-0.3, -0.25) is 14.5 Å². The average Bonchev–Trinajstić information content (AvgIpc) is 3.16. The van der Waals surface area contributed by atoms with Gasteiger partial charge in [0.25, 0.3) is 0 Å². The standard InChI is InChI=1S/C25H25ClN6S/c26-22-9-4-10-23(16-22)30-14-12-29(13-15-30)19-32-25(33)31(18-20-6-2-1-3-7-20)24(28-32)21-8-5-11-27-17-21/h1-11,16-17H,12-15,18-19H2. The van der Waals surface area contributed by atoms with Gasteiger partial charge in [-0.1, -0.05) is 48.0 Å². The highest BCUT2D eigenvalue weighted by Crippen LogP contribution is 2.22. The molecule has 33 heavy (non-hydrogen) atoms. The lowest BCUT2D eigenvalue weighted by Gasteiger charge is -2.35. The average molecular weight is 477 g/mol. The van der Waals surface area contributed by atoms with Gasteiger partial charge in [-0.2, -0.15) is 5.10 Å². The van der Waals surface area contributed by atoms with Crippen LogP contribution in [0.15, 0.2) is 79.1 Å². The summed E-state index contributed by atoms with van der Waals surface area (Å²) in [7, 11) is 0. The Morgan fingerprint density at radius 3 is 2.45 bits per heavy atom. The van der Waals surface area contributed by atoms with Crippen LogP contribution in [0, 0.1) is 4.77 Å². The van der Waals surface area contributed by atoms with E-state index in [1.165, 1.54) is 11.3 Å². The molecule has 2 aromatic heterocycles. The Morgan fingerprint density at radius 1 is 0.909 bits per heavy atom. The van der Waals surface area contributed by atoms with Gasteiger partial charge >= 0.3 is 0 Å². The summed E-state index contributed by atoms with van der Waals surface area (Å²) in [5.74, 6) is 0.842. The molecule has 0 amide bonds. The number of pyridine rings is 1. The number of nitrogens with zero attached hydrogens (tertiary/aromatic N) is 6. The molecule has 0 saturated carbocycles. The number of aromatic nitrogens is 4. The van der Waals surface area contributed by atoms with Crippen LogP contribution < -0.4 is 4.90 Å². The van der Waals surface area contributed by atoms with Crippen molar-refractivity contribution in [1.82, 2.24) is 24.2 Å². The van der Waals surface area contributed by atoms with E-state index < -0.39 is 0 Å². The minimum absolute atomic E-state index is 0.664. The molecule has 0 radical (unpaired) electrons. The molecule has 1 saturated heterocycles. The quantitative estimate of drug-likeness (QED) is 0.368. The van der Waals surface area contributed by atoms with Crippen molar-refractivity contribution in [3.05, 3.63) is 94.5 Å². The first-order chi connectivity index (χ1) is 16.2. The molecule has 1 fully saturated rings. The number of anilines is 1. The molecule has 1 aliphatic heterocycles. The molecule has 8 heteroatoms. The maximum atomic E-state index is 6.18. The fourth-order valence-electron chi connectivity index (χ4n) is 4.16. The maximum absolute atomic E-state index is 6.18. The van der Waals surface area contributed by atoms with Crippen molar-refractivity contribution >= 4 is 29.5 Å². The second kappa shape index (κ2) is 9.87. The van der Waals surface area contributed by atoms with Gasteiger partial charge in [0.1, 0.15) is 0 Å². The zero-order valence-corrected chi connectivity index (χ0v) is 19.8. The van der Waals surface area contributed by atoms with E-state index in [0.717, 1.165) is 47.4 Å². The van der Waals surface area contributed by atoms with Crippen molar-refractivity contribution in [3.63, 3.8) is 0 Å². The van der Waals surface area contributed by atoms with Crippen LogP contribution in [0.1, 0.15) is 5.56 Å². The van der Waals surface area contributed by atoms with Crippen LogP contribution in [0.4, 0.5) is 5.69 Å². The number of piperazine rings is 1. The van der Waals surface area contributed by atoms with Gasteiger partial charge in [0.05, 0.1) is 13.2 Å². The molecular weight excluding hydrogens is 452 g/mol. The lowest BCUT2D eigenvalue weighted by Crippen LogP contribution is -2.47. The summed E-state index contributed by atoms with van der Waals surface area (Å²) < 4.78 is 4.76. The molecule has 0 atom stereocenters. The number of rotatable bonds is 6. The Morgan fingerprint density at radius 2 is 1.73 bits per heavy atom. The topological polar surface area (TPSA) is 42.1 Å². The maximum Gasteiger partial charge on any atom is 0.199 e. The molecule has 0 N–H and O–H groups in total. The molecule has 0 bridgehead atoms. The normalized spacial score (nSPS) is 14.5. The van der Waals surface area contributed by atoms with Crippen molar-refractivity contribution in [3.8, 4) is 11.4 Å². The van der Waals surface area contributed by atoms with Gasteiger partial charge in [0.15, 0.2) is 10.6 Å². The SMILES string of the molecule is S=c1n(CN2CCN(c3cccc(Cl)c3)CC2)nc(-c2cccnc2)n1Cc1ccccc1. The van der Waals surface area contributed by atoms with Crippen LogP contribution in [0.2, 0.25) is 5.02 Å². The van der Waals surface area contributed by atoms with Gasteiger partial charge in [0.2, 0.25) is 0 Å². The molecule has 168 valence electrons. The van der Waals surface area contributed by atoms with Gasteiger partial charge in [-0.15, -0.1) is 0 Å². The van der Waals surface area contributed by atoms with Gasteiger partial charge < -0.3 is 4.90 Å². The molecule has 4 aromatic rings. The van der Waals surface area contributed by atoms with E-state index in [1.807, 2.05) is 59.4 Å². The van der Waals surface area contributed by atoms with E-state index >= 15 is 0 Å². The Hall–Kier alpha value is -3.00. The highest BCUT2D eigenvalue weighted by Gasteiger charge is 2.20. The third-order valence-corrected chi connectivity index (χ3v) is 6.57. The van der Waals surface area contributed by atoms with Crippen molar-refractivity contribution in [1.29, 1.82) is 0 Å². The minimum atomic E-state index is 0.664. The second-order valence-electron chi connectivity index (χ2n) is 8.15. The molecule has 0 aliphatic carbocycles. The molecule has 0 unspecified atom stereocenters. The zero-order chi connectivity index (χ0) is 22.6.